The Bertz CT molecular complexity index is 1440. The number of carbonyl (C=O) groups excluding carboxylic acids is 1. The molecule has 1 amide bonds. The molecule has 10 heteroatoms. The SMILES string of the molecule is CC(NC(=O)c1ccc(=O)n(-c2ccccc2F)n1)c1ccc(-c2cc(F)ccc2CNCCO)s1. The third-order valence-corrected chi connectivity index (χ3v) is 6.76. The fourth-order valence-corrected chi connectivity index (χ4v) is 4.70. The summed E-state index contributed by atoms with van der Waals surface area (Å²) in [7, 11) is 0. The summed E-state index contributed by atoms with van der Waals surface area (Å²) in [5.74, 6) is -1.52. The molecule has 2 heterocycles. The Balaban J connectivity index is 1.53. The van der Waals surface area contributed by atoms with Crippen LogP contribution in [0.15, 0.2) is 71.5 Å². The summed E-state index contributed by atoms with van der Waals surface area (Å²) in [5, 5.41) is 19.0. The minimum absolute atomic E-state index is 0.00355. The van der Waals surface area contributed by atoms with Gasteiger partial charge in [-0.25, -0.2) is 8.78 Å². The number of nitrogens with zero attached hydrogens (tertiary/aromatic N) is 2. The van der Waals surface area contributed by atoms with E-state index in [1.165, 1.54) is 53.8 Å². The lowest BCUT2D eigenvalue weighted by Gasteiger charge is -2.13. The van der Waals surface area contributed by atoms with E-state index in [1.807, 2.05) is 12.1 Å². The molecule has 1 unspecified atom stereocenters. The molecule has 2 aromatic carbocycles. The highest BCUT2D eigenvalue weighted by Gasteiger charge is 2.18. The Labute approximate surface area is 210 Å². The van der Waals surface area contributed by atoms with Crippen molar-refractivity contribution in [1.29, 1.82) is 0 Å². The van der Waals surface area contributed by atoms with E-state index in [-0.39, 0.29) is 23.8 Å². The maximum atomic E-state index is 14.2. The summed E-state index contributed by atoms with van der Waals surface area (Å²) >= 11 is 1.41. The molecule has 0 fully saturated rings. The molecule has 2 aromatic heterocycles. The lowest BCUT2D eigenvalue weighted by molar-refractivity contribution is 0.0933. The van der Waals surface area contributed by atoms with Gasteiger partial charge in [0.25, 0.3) is 11.5 Å². The van der Waals surface area contributed by atoms with Gasteiger partial charge in [0.05, 0.1) is 12.6 Å². The van der Waals surface area contributed by atoms with Crippen molar-refractivity contribution in [2.45, 2.75) is 19.5 Å². The first-order valence-electron chi connectivity index (χ1n) is 11.2. The van der Waals surface area contributed by atoms with Gasteiger partial charge in [-0.15, -0.1) is 11.3 Å². The molecule has 0 saturated carbocycles. The van der Waals surface area contributed by atoms with Crippen LogP contribution >= 0.6 is 11.3 Å². The number of aliphatic hydroxyl groups excluding tert-OH is 1. The molecule has 1 atom stereocenters. The van der Waals surface area contributed by atoms with Gasteiger partial charge < -0.3 is 15.7 Å². The summed E-state index contributed by atoms with van der Waals surface area (Å²) < 4.78 is 29.0. The van der Waals surface area contributed by atoms with E-state index >= 15 is 0 Å². The van der Waals surface area contributed by atoms with Crippen LogP contribution in [0.2, 0.25) is 0 Å². The predicted octanol–water partition coefficient (Wildman–Crippen LogP) is 3.81. The third-order valence-electron chi connectivity index (χ3n) is 5.46. The first-order chi connectivity index (χ1) is 17.4. The Hall–Kier alpha value is -3.73. The normalized spacial score (nSPS) is 11.9. The van der Waals surface area contributed by atoms with E-state index in [9.17, 15) is 18.4 Å². The van der Waals surface area contributed by atoms with Crippen LogP contribution in [0.4, 0.5) is 8.78 Å². The highest BCUT2D eigenvalue weighted by Crippen LogP contribution is 2.34. The van der Waals surface area contributed by atoms with Gasteiger partial charge in [0, 0.05) is 28.9 Å². The van der Waals surface area contributed by atoms with Crippen molar-refractivity contribution in [2.75, 3.05) is 13.2 Å². The lowest BCUT2D eigenvalue weighted by Crippen LogP contribution is -2.30. The van der Waals surface area contributed by atoms with E-state index in [4.69, 9.17) is 5.11 Å². The third kappa shape index (κ3) is 5.73. The second-order valence-electron chi connectivity index (χ2n) is 8.02. The molecule has 0 aliphatic heterocycles. The number of benzene rings is 2. The van der Waals surface area contributed by atoms with Crippen LogP contribution < -0.4 is 16.2 Å². The van der Waals surface area contributed by atoms with Crippen molar-refractivity contribution in [2.24, 2.45) is 0 Å². The average Bonchev–Trinajstić information content (AvgIpc) is 3.36. The van der Waals surface area contributed by atoms with Crippen molar-refractivity contribution in [3.63, 3.8) is 0 Å². The van der Waals surface area contributed by atoms with E-state index in [0.29, 0.717) is 13.1 Å². The van der Waals surface area contributed by atoms with Crippen LogP contribution in [-0.4, -0.2) is 33.9 Å². The van der Waals surface area contributed by atoms with Crippen molar-refractivity contribution in [1.82, 2.24) is 20.4 Å². The minimum atomic E-state index is -0.632. The maximum absolute atomic E-state index is 14.2. The molecule has 0 spiro atoms. The number of carbonyl (C=O) groups is 1. The molecule has 4 aromatic rings. The number of thiophene rings is 1. The van der Waals surface area contributed by atoms with Crippen LogP contribution in [0, 0.1) is 11.6 Å². The summed E-state index contributed by atoms with van der Waals surface area (Å²) in [6.07, 6.45) is 0. The fourth-order valence-electron chi connectivity index (χ4n) is 3.63. The number of nitrogens with one attached hydrogen (secondary N) is 2. The van der Waals surface area contributed by atoms with E-state index in [2.05, 4.69) is 15.7 Å². The molecular weight excluding hydrogens is 486 g/mol. The molecule has 186 valence electrons. The number of aromatic nitrogens is 2. The number of rotatable bonds is 9. The van der Waals surface area contributed by atoms with Gasteiger partial charge in [0.1, 0.15) is 23.0 Å². The number of halogens is 2. The number of aliphatic hydroxyl groups is 1. The fraction of sp³-hybridized carbons (Fsp3) is 0.192. The topological polar surface area (TPSA) is 96.2 Å². The number of amides is 1. The zero-order valence-corrected chi connectivity index (χ0v) is 20.2. The van der Waals surface area contributed by atoms with Crippen LogP contribution in [0.5, 0.6) is 0 Å². The van der Waals surface area contributed by atoms with Gasteiger partial charge in [-0.3, -0.25) is 9.59 Å². The van der Waals surface area contributed by atoms with E-state index in [1.54, 1.807) is 19.1 Å². The Morgan fingerprint density at radius 2 is 1.92 bits per heavy atom. The highest BCUT2D eigenvalue weighted by molar-refractivity contribution is 7.15. The summed E-state index contributed by atoms with van der Waals surface area (Å²) in [4.78, 5) is 26.8. The molecule has 0 bridgehead atoms. The largest absolute Gasteiger partial charge is 0.395 e. The minimum Gasteiger partial charge on any atom is -0.395 e. The number of hydrogen-bond donors (Lipinski definition) is 3. The summed E-state index contributed by atoms with van der Waals surface area (Å²) in [5.41, 5.74) is 0.965. The van der Waals surface area contributed by atoms with Crippen LogP contribution in [0.3, 0.4) is 0 Å². The van der Waals surface area contributed by atoms with Crippen LogP contribution in [0.25, 0.3) is 16.1 Å². The van der Waals surface area contributed by atoms with Gasteiger partial charge in [0.15, 0.2) is 0 Å². The summed E-state index contributed by atoms with van der Waals surface area (Å²) in [6, 6.07) is 16.0. The van der Waals surface area contributed by atoms with Crippen molar-refractivity contribution in [3.05, 3.63) is 105 Å². The van der Waals surface area contributed by atoms with Gasteiger partial charge in [-0.05, 0) is 60.5 Å². The average molecular weight is 511 g/mol. The van der Waals surface area contributed by atoms with Crippen LogP contribution in [-0.2, 0) is 6.54 Å². The number of para-hydroxylation sites is 1. The Kier molecular flexibility index (Phi) is 7.99. The maximum Gasteiger partial charge on any atom is 0.272 e. The van der Waals surface area contributed by atoms with Crippen molar-refractivity contribution >= 4 is 17.2 Å². The highest BCUT2D eigenvalue weighted by atomic mass is 32.1. The smallest absolute Gasteiger partial charge is 0.272 e. The second-order valence-corrected chi connectivity index (χ2v) is 9.13. The van der Waals surface area contributed by atoms with Gasteiger partial charge in [0.2, 0.25) is 0 Å². The molecule has 3 N–H and O–H groups in total. The lowest BCUT2D eigenvalue weighted by atomic mass is 10.1. The molecule has 0 radical (unpaired) electrons. The van der Waals surface area contributed by atoms with Crippen molar-refractivity contribution < 1.29 is 18.7 Å². The van der Waals surface area contributed by atoms with Crippen molar-refractivity contribution in [3.8, 4) is 16.1 Å². The second kappa shape index (κ2) is 11.3. The molecule has 4 rings (SSSR count). The monoisotopic (exact) mass is 510 g/mol. The molecule has 7 nitrogen and oxygen atoms in total. The molecule has 0 aliphatic rings. The zero-order chi connectivity index (χ0) is 25.7. The molecule has 0 saturated heterocycles. The molecule has 0 aliphatic carbocycles. The van der Waals surface area contributed by atoms with Gasteiger partial charge in [-0.2, -0.15) is 9.78 Å². The quantitative estimate of drug-likeness (QED) is 0.298. The van der Waals surface area contributed by atoms with Crippen LogP contribution in [0.1, 0.15) is 33.9 Å². The summed E-state index contributed by atoms with van der Waals surface area (Å²) in [6.45, 7) is 2.70. The standard InChI is InChI=1S/C26H24F2N4O3S/c1-16(23-9-10-24(36-23)19-14-18(27)7-6-17(19)15-29-12-13-33)30-26(35)21-8-11-25(34)32(31-21)22-5-3-2-4-20(22)28/h2-11,14,16,29,33H,12-13,15H2,1H3,(H,30,35). The zero-order valence-electron chi connectivity index (χ0n) is 19.4. The Morgan fingerprint density at radius 1 is 1.11 bits per heavy atom. The van der Waals surface area contributed by atoms with E-state index < -0.39 is 23.3 Å². The first kappa shape index (κ1) is 25.4. The Morgan fingerprint density at radius 3 is 2.69 bits per heavy atom. The predicted molar refractivity (Wildman–Crippen MR) is 134 cm³/mol. The van der Waals surface area contributed by atoms with Gasteiger partial charge >= 0.3 is 0 Å². The van der Waals surface area contributed by atoms with E-state index in [0.717, 1.165) is 25.6 Å². The molecule has 36 heavy (non-hydrogen) atoms. The first-order valence-corrected chi connectivity index (χ1v) is 12.1. The number of hydrogen-bond acceptors (Lipinski definition) is 6. The molecular formula is C26H24F2N4O3S. The van der Waals surface area contributed by atoms with Gasteiger partial charge in [-0.1, -0.05) is 18.2 Å².